The molecule has 0 amide bonds. The fourth-order valence-corrected chi connectivity index (χ4v) is 3.65. The first kappa shape index (κ1) is 16.5. The molecule has 1 aliphatic rings. The zero-order valence-electron chi connectivity index (χ0n) is 14.0. The first-order valence-electron chi connectivity index (χ1n) is 8.68. The van der Waals surface area contributed by atoms with Crippen LogP contribution in [0, 0.1) is 0 Å². The predicted molar refractivity (Wildman–Crippen MR) is 88.4 cm³/mol. The third-order valence-electron chi connectivity index (χ3n) is 5.19. The van der Waals surface area contributed by atoms with Crippen LogP contribution >= 0.6 is 0 Å². The molecule has 120 valence electrons. The van der Waals surface area contributed by atoms with Crippen LogP contribution in [-0.2, 0) is 6.54 Å². The summed E-state index contributed by atoms with van der Waals surface area (Å²) >= 11 is 0. The Morgan fingerprint density at radius 2 is 2.05 bits per heavy atom. The van der Waals surface area contributed by atoms with E-state index in [9.17, 15) is 0 Å². The third kappa shape index (κ3) is 4.07. The van der Waals surface area contributed by atoms with Crippen LogP contribution in [0.5, 0.6) is 0 Å². The summed E-state index contributed by atoms with van der Waals surface area (Å²) in [7, 11) is 0. The normalized spacial score (nSPS) is 22.5. The van der Waals surface area contributed by atoms with Crippen LogP contribution < -0.4 is 5.32 Å². The highest BCUT2D eigenvalue weighted by atomic mass is 15.3. The summed E-state index contributed by atoms with van der Waals surface area (Å²) in [6, 6.07) is 0.675. The molecular formula is C17H32N4. The lowest BCUT2D eigenvalue weighted by Crippen LogP contribution is -2.64. The molecule has 21 heavy (non-hydrogen) atoms. The average molecular weight is 292 g/mol. The minimum Gasteiger partial charge on any atom is -0.337 e. The molecule has 0 spiro atoms. The number of hydrogen-bond donors (Lipinski definition) is 1. The quantitative estimate of drug-likeness (QED) is 0.800. The molecule has 1 atom stereocenters. The molecule has 0 bridgehead atoms. The van der Waals surface area contributed by atoms with Crippen molar-refractivity contribution in [3.8, 4) is 0 Å². The molecule has 0 radical (unpaired) electrons. The Kier molecular flexibility index (Phi) is 6.24. The van der Waals surface area contributed by atoms with Gasteiger partial charge < -0.3 is 9.88 Å². The summed E-state index contributed by atoms with van der Waals surface area (Å²) < 4.78 is 2.19. The van der Waals surface area contributed by atoms with Crippen molar-refractivity contribution in [1.29, 1.82) is 0 Å². The van der Waals surface area contributed by atoms with Crippen LogP contribution in [0.1, 0.15) is 52.9 Å². The van der Waals surface area contributed by atoms with E-state index in [1.165, 1.54) is 45.2 Å². The molecular weight excluding hydrogens is 260 g/mol. The minimum atomic E-state index is 0.360. The second-order valence-electron chi connectivity index (χ2n) is 6.40. The molecule has 1 fully saturated rings. The van der Waals surface area contributed by atoms with Gasteiger partial charge in [0, 0.05) is 50.2 Å². The number of rotatable bonds is 8. The van der Waals surface area contributed by atoms with E-state index in [2.05, 4.69) is 46.7 Å². The van der Waals surface area contributed by atoms with Crippen molar-refractivity contribution >= 4 is 0 Å². The molecule has 1 unspecified atom stereocenters. The van der Waals surface area contributed by atoms with Crippen molar-refractivity contribution in [2.24, 2.45) is 0 Å². The minimum absolute atomic E-state index is 0.360. The van der Waals surface area contributed by atoms with E-state index in [0.717, 1.165) is 13.1 Å². The van der Waals surface area contributed by atoms with Gasteiger partial charge in [-0.2, -0.15) is 0 Å². The van der Waals surface area contributed by atoms with Crippen LogP contribution in [0.4, 0.5) is 0 Å². The molecule has 1 saturated heterocycles. The summed E-state index contributed by atoms with van der Waals surface area (Å²) in [4.78, 5) is 6.89. The van der Waals surface area contributed by atoms with Gasteiger partial charge in [-0.3, -0.25) is 4.90 Å². The van der Waals surface area contributed by atoms with E-state index >= 15 is 0 Å². The van der Waals surface area contributed by atoms with Crippen molar-refractivity contribution in [1.82, 2.24) is 19.8 Å². The fraction of sp³-hybridized carbons (Fsp3) is 0.824. The van der Waals surface area contributed by atoms with Crippen molar-refractivity contribution in [2.45, 2.75) is 71.0 Å². The Morgan fingerprint density at radius 3 is 2.67 bits per heavy atom. The molecule has 0 saturated carbocycles. The highest BCUT2D eigenvalue weighted by molar-refractivity contribution is 4.97. The monoisotopic (exact) mass is 292 g/mol. The van der Waals surface area contributed by atoms with Gasteiger partial charge in [-0.15, -0.1) is 0 Å². The molecule has 1 aromatic heterocycles. The lowest BCUT2D eigenvalue weighted by molar-refractivity contribution is 0.0280. The molecule has 1 aromatic rings. The lowest BCUT2D eigenvalue weighted by atomic mass is 9.86. The first-order valence-corrected chi connectivity index (χ1v) is 8.68. The SMILES string of the molecule is CCCC1CN(CCCn2ccnc2)C(CC)(CC)CN1. The number of piperazine rings is 1. The number of aromatic nitrogens is 2. The van der Waals surface area contributed by atoms with E-state index in [1.807, 2.05) is 12.5 Å². The van der Waals surface area contributed by atoms with Crippen LogP contribution in [0.3, 0.4) is 0 Å². The zero-order valence-corrected chi connectivity index (χ0v) is 14.0. The van der Waals surface area contributed by atoms with E-state index < -0.39 is 0 Å². The van der Waals surface area contributed by atoms with Crippen LogP contribution in [0.2, 0.25) is 0 Å². The van der Waals surface area contributed by atoms with Crippen molar-refractivity contribution < 1.29 is 0 Å². The topological polar surface area (TPSA) is 33.1 Å². The number of hydrogen-bond acceptors (Lipinski definition) is 3. The van der Waals surface area contributed by atoms with Gasteiger partial charge in [0.25, 0.3) is 0 Å². The van der Waals surface area contributed by atoms with Crippen LogP contribution in [0.25, 0.3) is 0 Å². The highest BCUT2D eigenvalue weighted by Crippen LogP contribution is 2.28. The average Bonchev–Trinajstić information content (AvgIpc) is 3.02. The molecule has 0 aromatic carbocycles. The molecule has 0 aliphatic carbocycles. The van der Waals surface area contributed by atoms with Gasteiger partial charge in [-0.1, -0.05) is 27.2 Å². The van der Waals surface area contributed by atoms with E-state index in [1.54, 1.807) is 0 Å². The zero-order chi connectivity index (χ0) is 15.1. The molecule has 1 N–H and O–H groups in total. The molecule has 2 heterocycles. The summed E-state index contributed by atoms with van der Waals surface area (Å²) in [5.74, 6) is 0. The summed E-state index contributed by atoms with van der Waals surface area (Å²) in [5.41, 5.74) is 0.360. The van der Waals surface area contributed by atoms with E-state index in [-0.39, 0.29) is 0 Å². The highest BCUT2D eigenvalue weighted by Gasteiger charge is 2.37. The van der Waals surface area contributed by atoms with Crippen molar-refractivity contribution in [2.75, 3.05) is 19.6 Å². The van der Waals surface area contributed by atoms with Crippen LogP contribution in [-0.4, -0.2) is 45.7 Å². The Balaban J connectivity index is 1.92. The number of aryl methyl sites for hydroxylation is 1. The van der Waals surface area contributed by atoms with Gasteiger partial charge >= 0.3 is 0 Å². The molecule has 1 aliphatic heterocycles. The summed E-state index contributed by atoms with van der Waals surface area (Å²) in [6.07, 6.45) is 12.1. The van der Waals surface area contributed by atoms with E-state index in [0.29, 0.717) is 11.6 Å². The van der Waals surface area contributed by atoms with Crippen molar-refractivity contribution in [3.05, 3.63) is 18.7 Å². The Hall–Kier alpha value is -0.870. The van der Waals surface area contributed by atoms with Gasteiger partial charge in [0.1, 0.15) is 0 Å². The Labute approximate surface area is 129 Å². The molecule has 4 heteroatoms. The van der Waals surface area contributed by atoms with Gasteiger partial charge in [0.2, 0.25) is 0 Å². The molecule has 4 nitrogen and oxygen atoms in total. The van der Waals surface area contributed by atoms with Gasteiger partial charge in [0.05, 0.1) is 6.33 Å². The summed E-state index contributed by atoms with van der Waals surface area (Å²) in [5, 5.41) is 3.79. The predicted octanol–water partition coefficient (Wildman–Crippen LogP) is 2.91. The largest absolute Gasteiger partial charge is 0.337 e. The second kappa shape index (κ2) is 7.95. The maximum atomic E-state index is 4.12. The standard InChI is InChI=1S/C17H32N4/c1-4-8-16-13-21(17(5-2,6-3)14-19-16)11-7-10-20-12-9-18-15-20/h9,12,15-16,19H,4-8,10-11,13-14H2,1-3H3. The number of nitrogens with zero attached hydrogens (tertiary/aromatic N) is 3. The summed E-state index contributed by atoms with van der Waals surface area (Å²) in [6.45, 7) is 11.6. The fourth-order valence-electron chi connectivity index (χ4n) is 3.65. The van der Waals surface area contributed by atoms with E-state index in [4.69, 9.17) is 0 Å². The van der Waals surface area contributed by atoms with Gasteiger partial charge in [0.15, 0.2) is 0 Å². The molecule has 2 rings (SSSR count). The first-order chi connectivity index (χ1) is 10.2. The van der Waals surface area contributed by atoms with Gasteiger partial charge in [-0.25, -0.2) is 4.98 Å². The lowest BCUT2D eigenvalue weighted by Gasteiger charge is -2.50. The smallest absolute Gasteiger partial charge is 0.0945 e. The maximum Gasteiger partial charge on any atom is 0.0945 e. The Bertz CT molecular complexity index is 384. The number of nitrogens with one attached hydrogen (secondary N) is 1. The van der Waals surface area contributed by atoms with Gasteiger partial charge in [-0.05, 0) is 25.7 Å². The van der Waals surface area contributed by atoms with Crippen LogP contribution in [0.15, 0.2) is 18.7 Å². The second-order valence-corrected chi connectivity index (χ2v) is 6.40. The maximum absolute atomic E-state index is 4.12. The third-order valence-corrected chi connectivity index (χ3v) is 5.19. The number of imidazole rings is 1. The Morgan fingerprint density at radius 1 is 1.24 bits per heavy atom. The van der Waals surface area contributed by atoms with Crippen molar-refractivity contribution in [3.63, 3.8) is 0 Å².